The summed E-state index contributed by atoms with van der Waals surface area (Å²) in [5.41, 5.74) is 1.98. The zero-order chi connectivity index (χ0) is 25.0. The number of pyridine rings is 1. The molecule has 3 aromatic rings. The van der Waals surface area contributed by atoms with Crippen LogP contribution >= 0.6 is 12.2 Å². The van der Waals surface area contributed by atoms with Crippen LogP contribution in [0, 0.1) is 11.8 Å². The highest BCUT2D eigenvalue weighted by atomic mass is 32.2. The van der Waals surface area contributed by atoms with Crippen LogP contribution in [-0.2, 0) is 10.0 Å². The number of hydrogen-bond acceptors (Lipinski definition) is 5. The molecule has 0 aliphatic heterocycles. The maximum Gasteiger partial charge on any atom is 0.241 e. The molecule has 186 valence electrons. The molecular formula is C27H34N4O2S2. The summed E-state index contributed by atoms with van der Waals surface area (Å²) in [6.45, 7) is 0.395. The van der Waals surface area contributed by atoms with Crippen molar-refractivity contribution in [2.45, 2.75) is 37.0 Å². The van der Waals surface area contributed by atoms with Crippen molar-refractivity contribution in [2.75, 3.05) is 37.5 Å². The van der Waals surface area contributed by atoms with Gasteiger partial charge in [-0.2, -0.15) is 0 Å². The molecule has 0 amide bonds. The molecule has 35 heavy (non-hydrogen) atoms. The Labute approximate surface area is 214 Å². The molecule has 0 unspecified atom stereocenters. The van der Waals surface area contributed by atoms with Crippen molar-refractivity contribution in [3.8, 4) is 0 Å². The molecule has 2 atom stereocenters. The highest BCUT2D eigenvalue weighted by Gasteiger charge is 2.30. The topological polar surface area (TPSA) is 65.5 Å². The van der Waals surface area contributed by atoms with Crippen LogP contribution in [-0.4, -0.2) is 46.1 Å². The summed E-state index contributed by atoms with van der Waals surface area (Å²) in [4.78, 5) is 9.50. The predicted molar refractivity (Wildman–Crippen MR) is 149 cm³/mol. The Morgan fingerprint density at radius 1 is 1.03 bits per heavy atom. The summed E-state index contributed by atoms with van der Waals surface area (Å²) in [5.74, 6) is 0.611. The second kappa shape index (κ2) is 11.0. The van der Waals surface area contributed by atoms with Gasteiger partial charge in [-0.15, -0.1) is 0 Å². The highest BCUT2D eigenvalue weighted by molar-refractivity contribution is 7.89. The second-order valence-corrected chi connectivity index (χ2v) is 11.6. The van der Waals surface area contributed by atoms with Gasteiger partial charge in [-0.1, -0.05) is 49.3 Å². The van der Waals surface area contributed by atoms with E-state index in [0.29, 0.717) is 17.4 Å². The average Bonchev–Trinajstić information content (AvgIpc) is 2.87. The first-order valence-corrected chi connectivity index (χ1v) is 14.0. The summed E-state index contributed by atoms with van der Waals surface area (Å²) in [6, 6.07) is 15.2. The van der Waals surface area contributed by atoms with Crippen molar-refractivity contribution in [3.05, 3.63) is 60.9 Å². The average molecular weight is 511 g/mol. The van der Waals surface area contributed by atoms with Crippen LogP contribution in [0.5, 0.6) is 0 Å². The van der Waals surface area contributed by atoms with Gasteiger partial charge < -0.3 is 9.80 Å². The van der Waals surface area contributed by atoms with Gasteiger partial charge >= 0.3 is 0 Å². The molecule has 8 heteroatoms. The van der Waals surface area contributed by atoms with E-state index in [4.69, 9.17) is 12.2 Å². The Morgan fingerprint density at radius 2 is 1.77 bits per heavy atom. The molecule has 4 rings (SSSR count). The van der Waals surface area contributed by atoms with E-state index in [1.165, 1.54) is 0 Å². The van der Waals surface area contributed by atoms with E-state index >= 15 is 0 Å². The molecule has 6 nitrogen and oxygen atoms in total. The minimum absolute atomic E-state index is 0.258. The van der Waals surface area contributed by atoms with Gasteiger partial charge in [0.1, 0.15) is 0 Å². The monoisotopic (exact) mass is 510 g/mol. The molecule has 1 aromatic heterocycles. The molecule has 1 aliphatic carbocycles. The largest absolute Gasteiger partial charge is 0.377 e. The Hall–Kier alpha value is -2.55. The maximum atomic E-state index is 13.3. The Bertz CT molecular complexity index is 1280. The van der Waals surface area contributed by atoms with Crippen molar-refractivity contribution in [2.24, 2.45) is 11.8 Å². The fraction of sp³-hybridized carbons (Fsp3) is 0.407. The van der Waals surface area contributed by atoms with Crippen LogP contribution in [0.1, 0.15) is 32.1 Å². The number of sulfonamides is 1. The Morgan fingerprint density at radius 3 is 2.51 bits per heavy atom. The van der Waals surface area contributed by atoms with E-state index in [0.717, 1.165) is 59.2 Å². The highest BCUT2D eigenvalue weighted by Crippen LogP contribution is 2.35. The zero-order valence-corrected chi connectivity index (χ0v) is 22.3. The minimum atomic E-state index is -3.65. The van der Waals surface area contributed by atoms with Crippen molar-refractivity contribution in [1.82, 2.24) is 9.71 Å². The fourth-order valence-corrected chi connectivity index (χ4v) is 6.83. The van der Waals surface area contributed by atoms with Crippen LogP contribution in [0.2, 0.25) is 0 Å². The summed E-state index contributed by atoms with van der Waals surface area (Å²) < 4.78 is 29.5. The van der Waals surface area contributed by atoms with Crippen LogP contribution in [0.4, 0.5) is 11.4 Å². The molecule has 0 saturated heterocycles. The number of hydrogen-bond donors (Lipinski definition) is 1. The third-order valence-electron chi connectivity index (χ3n) is 7.03. The first kappa shape index (κ1) is 25.5. The summed E-state index contributed by atoms with van der Waals surface area (Å²) >= 11 is 5.90. The zero-order valence-electron chi connectivity index (χ0n) is 20.6. The third kappa shape index (κ3) is 5.66. The molecule has 1 aliphatic rings. The van der Waals surface area contributed by atoms with E-state index in [9.17, 15) is 8.42 Å². The van der Waals surface area contributed by atoms with E-state index in [2.05, 4.69) is 9.71 Å². The van der Waals surface area contributed by atoms with Gasteiger partial charge in [-0.25, -0.2) is 13.1 Å². The number of benzene rings is 2. The standard InChI is InChI=1S/C27H34N4O2S2/c1-30(2)25-14-6-13-24-23(25)12-7-15-26(24)35(32,33)29-18-16-20-9-4-5-11-22(20)27(34)31(3)21-10-8-17-28-19-21/h6-8,10,12-15,17,19-20,22,29H,4-5,9,11,16,18H2,1-3H3/t20-,22+/m0/s1. The lowest BCUT2D eigenvalue weighted by atomic mass is 9.77. The summed E-state index contributed by atoms with van der Waals surface area (Å²) in [6.07, 6.45) is 8.75. The third-order valence-corrected chi connectivity index (χ3v) is 9.12. The summed E-state index contributed by atoms with van der Waals surface area (Å²) in [5, 5.41) is 1.66. The first-order chi connectivity index (χ1) is 16.8. The van der Waals surface area contributed by atoms with Gasteiger partial charge in [-0.3, -0.25) is 4.98 Å². The van der Waals surface area contributed by atoms with Gasteiger partial charge in [0.25, 0.3) is 0 Å². The molecule has 0 spiro atoms. The normalized spacial score (nSPS) is 18.4. The van der Waals surface area contributed by atoms with E-state index in [1.807, 2.05) is 79.6 Å². The Balaban J connectivity index is 1.47. The molecule has 1 fully saturated rings. The van der Waals surface area contributed by atoms with Gasteiger partial charge in [0.05, 0.1) is 21.8 Å². The number of anilines is 2. The van der Waals surface area contributed by atoms with E-state index in [1.54, 1.807) is 12.3 Å². The fourth-order valence-electron chi connectivity index (χ4n) is 5.15. The maximum absolute atomic E-state index is 13.3. The number of thiocarbonyl (C=S) groups is 1. The molecule has 0 radical (unpaired) electrons. The van der Waals surface area contributed by atoms with Crippen LogP contribution in [0.3, 0.4) is 0 Å². The van der Waals surface area contributed by atoms with Crippen molar-refractivity contribution in [3.63, 3.8) is 0 Å². The quantitative estimate of drug-likeness (QED) is 0.418. The number of rotatable bonds is 8. The molecule has 0 bridgehead atoms. The molecule has 1 N–H and O–H groups in total. The van der Waals surface area contributed by atoms with Gasteiger partial charge in [0.2, 0.25) is 10.0 Å². The number of nitrogens with one attached hydrogen (secondary N) is 1. The lowest BCUT2D eigenvalue weighted by Crippen LogP contribution is -2.38. The van der Waals surface area contributed by atoms with E-state index < -0.39 is 10.0 Å². The lowest BCUT2D eigenvalue weighted by molar-refractivity contribution is 0.286. The summed E-state index contributed by atoms with van der Waals surface area (Å²) in [7, 11) is 2.28. The van der Waals surface area contributed by atoms with Gasteiger partial charge in [0, 0.05) is 56.3 Å². The van der Waals surface area contributed by atoms with Crippen molar-refractivity contribution < 1.29 is 8.42 Å². The van der Waals surface area contributed by atoms with Crippen LogP contribution in [0.25, 0.3) is 10.8 Å². The first-order valence-electron chi connectivity index (χ1n) is 12.2. The molecule has 1 saturated carbocycles. The minimum Gasteiger partial charge on any atom is -0.377 e. The van der Waals surface area contributed by atoms with Gasteiger partial charge in [-0.05, 0) is 49.4 Å². The van der Waals surface area contributed by atoms with Crippen molar-refractivity contribution >= 4 is 49.4 Å². The predicted octanol–water partition coefficient (Wildman–Crippen LogP) is 5.24. The Kier molecular flexibility index (Phi) is 8.04. The van der Waals surface area contributed by atoms with E-state index in [-0.39, 0.29) is 5.92 Å². The lowest BCUT2D eigenvalue weighted by Gasteiger charge is -2.35. The smallest absolute Gasteiger partial charge is 0.241 e. The van der Waals surface area contributed by atoms with Crippen molar-refractivity contribution in [1.29, 1.82) is 0 Å². The number of nitrogens with zero attached hydrogens (tertiary/aromatic N) is 3. The SMILES string of the molecule is CN(C)c1cccc2c(S(=O)(=O)NCC[C@@H]3CCCC[C@H]3C(=S)N(C)c3cccnc3)cccc12. The number of fused-ring (bicyclic) bond motifs is 1. The van der Waals surface area contributed by atoms with Crippen LogP contribution in [0.15, 0.2) is 65.8 Å². The molecule has 1 heterocycles. The van der Waals surface area contributed by atoms with Crippen LogP contribution < -0.4 is 14.5 Å². The van der Waals surface area contributed by atoms with Gasteiger partial charge in [0.15, 0.2) is 0 Å². The number of aromatic nitrogens is 1. The molecule has 2 aromatic carbocycles. The second-order valence-electron chi connectivity index (χ2n) is 9.47. The molecular weight excluding hydrogens is 476 g/mol.